The molecule has 0 radical (unpaired) electrons. The van der Waals surface area contributed by atoms with Crippen LogP contribution in [0.2, 0.25) is 0 Å². The lowest BCUT2D eigenvalue weighted by molar-refractivity contribution is -0.127. The average molecular weight is 221 g/mol. The Kier molecular flexibility index (Phi) is 4.00. The van der Waals surface area contributed by atoms with E-state index in [1.54, 1.807) is 0 Å². The molecule has 0 spiro atoms. The smallest absolute Gasteiger partial charge is 0.218 e. The minimum Gasteiger partial charge on any atom is -0.394 e. The molecule has 0 bridgehead atoms. The Bertz CT molecular complexity index is 235. The fourth-order valence-corrected chi connectivity index (χ4v) is 1.45. The summed E-state index contributed by atoms with van der Waals surface area (Å²) in [5, 5.41) is 39.0. The zero-order chi connectivity index (χ0) is 11.6. The quantitative estimate of drug-likeness (QED) is 0.345. The Morgan fingerprint density at radius 2 is 2.07 bits per heavy atom. The highest BCUT2D eigenvalue weighted by molar-refractivity contribution is 5.73. The summed E-state index contributed by atoms with van der Waals surface area (Å²) in [6, 6.07) is 0. The highest BCUT2D eigenvalue weighted by Gasteiger charge is 2.46. The van der Waals surface area contributed by atoms with Crippen LogP contribution in [0.3, 0.4) is 0 Å². The van der Waals surface area contributed by atoms with E-state index in [1.807, 2.05) is 0 Å². The average Bonchev–Trinajstić information content (AvgIpc) is 2.44. The number of carbonyl (C=O) groups excluding carboxylic acids is 1. The highest BCUT2D eigenvalue weighted by Crippen LogP contribution is 2.22. The third-order valence-electron chi connectivity index (χ3n) is 2.21. The molecule has 0 aromatic rings. The molecular formula is C8H15NO6. The predicted octanol–water partition coefficient (Wildman–Crippen LogP) is -3.08. The number of rotatable bonds is 3. The molecular weight excluding hydrogens is 206 g/mol. The zero-order valence-electron chi connectivity index (χ0n) is 8.20. The van der Waals surface area contributed by atoms with Gasteiger partial charge in [0.15, 0.2) is 6.23 Å². The number of carbonyl (C=O) groups is 1. The largest absolute Gasteiger partial charge is 0.394 e. The van der Waals surface area contributed by atoms with E-state index in [1.165, 1.54) is 6.92 Å². The Morgan fingerprint density at radius 1 is 1.47 bits per heavy atom. The molecule has 7 nitrogen and oxygen atoms in total. The minimum atomic E-state index is -1.34. The van der Waals surface area contributed by atoms with Gasteiger partial charge in [0.25, 0.3) is 0 Å². The molecule has 1 aliphatic rings. The molecule has 1 rings (SSSR count). The molecule has 1 amide bonds. The third-order valence-corrected chi connectivity index (χ3v) is 2.21. The molecule has 1 aliphatic heterocycles. The molecule has 0 aliphatic carbocycles. The minimum absolute atomic E-state index is 0.426. The van der Waals surface area contributed by atoms with Crippen molar-refractivity contribution in [2.75, 3.05) is 6.61 Å². The molecule has 15 heavy (non-hydrogen) atoms. The highest BCUT2D eigenvalue weighted by atomic mass is 16.6. The van der Waals surface area contributed by atoms with Crippen molar-refractivity contribution in [2.45, 2.75) is 37.6 Å². The van der Waals surface area contributed by atoms with E-state index in [9.17, 15) is 20.1 Å². The number of aliphatic hydroxyl groups excluding tert-OH is 4. The molecule has 0 saturated carbocycles. The van der Waals surface area contributed by atoms with Crippen molar-refractivity contribution in [3.8, 4) is 0 Å². The van der Waals surface area contributed by atoms with Crippen LogP contribution in [0.15, 0.2) is 0 Å². The molecule has 1 saturated heterocycles. The van der Waals surface area contributed by atoms with Gasteiger partial charge in [-0.15, -0.1) is 0 Å². The molecule has 1 fully saturated rings. The first-order valence-electron chi connectivity index (χ1n) is 4.55. The van der Waals surface area contributed by atoms with E-state index >= 15 is 0 Å². The summed E-state index contributed by atoms with van der Waals surface area (Å²) in [5.74, 6) is -0.426. The molecule has 5 N–H and O–H groups in total. The van der Waals surface area contributed by atoms with E-state index in [-0.39, 0.29) is 0 Å². The first-order chi connectivity index (χ1) is 6.97. The van der Waals surface area contributed by atoms with Crippen LogP contribution < -0.4 is 5.32 Å². The number of hydrogen-bond donors (Lipinski definition) is 5. The van der Waals surface area contributed by atoms with Crippen molar-refractivity contribution in [2.24, 2.45) is 0 Å². The van der Waals surface area contributed by atoms with E-state index in [0.29, 0.717) is 0 Å². The van der Waals surface area contributed by atoms with Crippen LogP contribution in [-0.2, 0) is 9.53 Å². The van der Waals surface area contributed by atoms with Crippen LogP contribution in [-0.4, -0.2) is 63.6 Å². The molecule has 88 valence electrons. The van der Waals surface area contributed by atoms with Gasteiger partial charge in [-0.05, 0) is 0 Å². The second-order valence-corrected chi connectivity index (χ2v) is 3.45. The summed E-state index contributed by atoms with van der Waals surface area (Å²) in [6.07, 6.45) is -6.14. The van der Waals surface area contributed by atoms with E-state index in [4.69, 9.17) is 9.84 Å². The van der Waals surface area contributed by atoms with Gasteiger partial charge in [-0.3, -0.25) is 4.79 Å². The maximum atomic E-state index is 10.7. The Balaban J connectivity index is 2.62. The first kappa shape index (κ1) is 12.3. The van der Waals surface area contributed by atoms with Gasteiger partial charge in [0, 0.05) is 6.92 Å². The van der Waals surface area contributed by atoms with Crippen LogP contribution in [0, 0.1) is 0 Å². The maximum Gasteiger partial charge on any atom is 0.218 e. The van der Waals surface area contributed by atoms with Crippen LogP contribution in [0.25, 0.3) is 0 Å². The first-order valence-corrected chi connectivity index (χ1v) is 4.55. The topological polar surface area (TPSA) is 119 Å². The summed E-state index contributed by atoms with van der Waals surface area (Å²) >= 11 is 0. The number of ether oxygens (including phenoxy) is 1. The monoisotopic (exact) mass is 221 g/mol. The lowest BCUT2D eigenvalue weighted by Gasteiger charge is -2.18. The summed E-state index contributed by atoms with van der Waals surface area (Å²) in [4.78, 5) is 10.7. The van der Waals surface area contributed by atoms with Crippen LogP contribution >= 0.6 is 0 Å². The fourth-order valence-electron chi connectivity index (χ4n) is 1.45. The third kappa shape index (κ3) is 2.64. The Labute approximate surface area is 86.3 Å². The molecule has 1 heterocycles. The second-order valence-electron chi connectivity index (χ2n) is 3.45. The lowest BCUT2D eigenvalue weighted by atomic mass is 10.1. The zero-order valence-corrected chi connectivity index (χ0v) is 8.20. The Hall–Kier alpha value is -0.730. The summed E-state index contributed by atoms with van der Waals surface area (Å²) in [5.41, 5.74) is 0. The summed E-state index contributed by atoms with van der Waals surface area (Å²) in [6.45, 7) is 0.638. The molecule has 0 aromatic heterocycles. The molecule has 0 aromatic carbocycles. The second kappa shape index (κ2) is 4.86. The SMILES string of the molecule is CC(=O)N[C@H]1O[C@H]([C@H](O)CO)[C@H](O)[C@H]1O. The number of hydrogen-bond acceptors (Lipinski definition) is 6. The van der Waals surface area contributed by atoms with Crippen molar-refractivity contribution in [1.29, 1.82) is 0 Å². The van der Waals surface area contributed by atoms with Gasteiger partial charge in [-0.2, -0.15) is 0 Å². The van der Waals surface area contributed by atoms with E-state index in [0.717, 1.165) is 0 Å². The van der Waals surface area contributed by atoms with Crippen LogP contribution in [0.4, 0.5) is 0 Å². The van der Waals surface area contributed by atoms with Crippen molar-refractivity contribution >= 4 is 5.91 Å². The standard InChI is InChI=1S/C8H15NO6/c1-3(11)9-8-6(14)5(13)7(15-8)4(12)2-10/h4-8,10,12-14H,2H2,1H3,(H,9,11)/t4-,5-,6-,7-,8+/m1/s1. The van der Waals surface area contributed by atoms with Gasteiger partial charge < -0.3 is 30.5 Å². The maximum absolute atomic E-state index is 10.7. The van der Waals surface area contributed by atoms with Gasteiger partial charge in [-0.1, -0.05) is 0 Å². The van der Waals surface area contributed by atoms with Gasteiger partial charge in [0.1, 0.15) is 24.4 Å². The van der Waals surface area contributed by atoms with Crippen LogP contribution in [0.5, 0.6) is 0 Å². The van der Waals surface area contributed by atoms with E-state index < -0.39 is 43.2 Å². The molecule has 7 heteroatoms. The van der Waals surface area contributed by atoms with Gasteiger partial charge in [-0.25, -0.2) is 0 Å². The van der Waals surface area contributed by atoms with Crippen molar-refractivity contribution in [3.63, 3.8) is 0 Å². The van der Waals surface area contributed by atoms with Gasteiger partial charge in [0.05, 0.1) is 6.61 Å². The normalized spacial score (nSPS) is 37.7. The summed E-state index contributed by atoms with van der Waals surface area (Å²) < 4.78 is 5.01. The van der Waals surface area contributed by atoms with Gasteiger partial charge >= 0.3 is 0 Å². The molecule has 5 atom stereocenters. The molecule has 0 unspecified atom stereocenters. The van der Waals surface area contributed by atoms with Crippen LogP contribution in [0.1, 0.15) is 6.92 Å². The number of aliphatic hydroxyl groups is 4. The van der Waals surface area contributed by atoms with Crippen molar-refractivity contribution < 1.29 is 30.0 Å². The fraction of sp³-hybridized carbons (Fsp3) is 0.875. The predicted molar refractivity (Wildman–Crippen MR) is 47.6 cm³/mol. The van der Waals surface area contributed by atoms with E-state index in [2.05, 4.69) is 5.32 Å². The Morgan fingerprint density at radius 3 is 2.53 bits per heavy atom. The lowest BCUT2D eigenvalue weighted by Crippen LogP contribution is -2.43. The summed E-state index contributed by atoms with van der Waals surface area (Å²) in [7, 11) is 0. The van der Waals surface area contributed by atoms with Crippen molar-refractivity contribution in [1.82, 2.24) is 5.32 Å². The van der Waals surface area contributed by atoms with Gasteiger partial charge in [0.2, 0.25) is 5.91 Å². The number of amides is 1. The number of nitrogens with one attached hydrogen (secondary N) is 1. The van der Waals surface area contributed by atoms with Crippen molar-refractivity contribution in [3.05, 3.63) is 0 Å².